The molecule has 2 saturated carbocycles. The zero-order chi connectivity index (χ0) is 16.0. The van der Waals surface area contributed by atoms with Gasteiger partial charge in [0.1, 0.15) is 0 Å². The number of hydrogen-bond acceptors (Lipinski definition) is 4. The van der Waals surface area contributed by atoms with Crippen molar-refractivity contribution in [1.82, 2.24) is 4.98 Å². The van der Waals surface area contributed by atoms with Gasteiger partial charge in [-0.05, 0) is 43.6 Å². The maximum absolute atomic E-state index is 12.6. The van der Waals surface area contributed by atoms with Gasteiger partial charge in [0.25, 0.3) is 0 Å². The van der Waals surface area contributed by atoms with E-state index in [1.807, 2.05) is 17.5 Å². The molecular formula is C18H22ClN3OS. The van der Waals surface area contributed by atoms with Gasteiger partial charge in [0.05, 0.1) is 11.6 Å². The highest BCUT2D eigenvalue weighted by Crippen LogP contribution is 2.48. The number of nitrogens with one attached hydrogen (secondary N) is 1. The number of aryl methyl sites for hydroxylation is 1. The molecule has 6 heteroatoms. The lowest BCUT2D eigenvalue weighted by atomic mass is 9.84. The minimum Gasteiger partial charge on any atom is -0.327 e. The van der Waals surface area contributed by atoms with Crippen molar-refractivity contribution in [2.45, 2.75) is 32.2 Å². The van der Waals surface area contributed by atoms with E-state index in [-0.39, 0.29) is 30.3 Å². The van der Waals surface area contributed by atoms with Crippen molar-refractivity contribution in [3.8, 4) is 11.3 Å². The van der Waals surface area contributed by atoms with Crippen molar-refractivity contribution in [1.29, 1.82) is 0 Å². The fourth-order valence-corrected chi connectivity index (χ4v) is 4.94. The molecule has 4 atom stereocenters. The number of thiazole rings is 1. The molecule has 0 aliphatic heterocycles. The Labute approximate surface area is 152 Å². The molecule has 1 amide bonds. The number of anilines is 1. The highest BCUT2D eigenvalue weighted by atomic mass is 35.5. The Morgan fingerprint density at radius 2 is 2.04 bits per heavy atom. The van der Waals surface area contributed by atoms with Gasteiger partial charge in [-0.3, -0.25) is 4.79 Å². The number of carbonyl (C=O) groups is 1. The molecule has 0 spiro atoms. The first-order valence-corrected chi connectivity index (χ1v) is 9.09. The Bertz CT molecular complexity index is 745. The Kier molecular flexibility index (Phi) is 4.95. The third-order valence-electron chi connectivity index (χ3n) is 5.44. The van der Waals surface area contributed by atoms with Gasteiger partial charge in [-0.2, -0.15) is 0 Å². The van der Waals surface area contributed by atoms with E-state index in [1.165, 1.54) is 23.3 Å². The molecule has 2 aliphatic rings. The zero-order valence-corrected chi connectivity index (χ0v) is 15.2. The zero-order valence-electron chi connectivity index (χ0n) is 13.6. The average molecular weight is 364 g/mol. The maximum Gasteiger partial charge on any atom is 0.231 e. The van der Waals surface area contributed by atoms with Crippen LogP contribution in [0.2, 0.25) is 0 Å². The lowest BCUT2D eigenvalue weighted by Gasteiger charge is -2.26. The normalized spacial score (nSPS) is 27.8. The fourth-order valence-electron chi connectivity index (χ4n) is 4.23. The van der Waals surface area contributed by atoms with Gasteiger partial charge in [0, 0.05) is 17.0 Å². The number of carbonyl (C=O) groups excluding carboxylic acids is 1. The lowest BCUT2D eigenvalue weighted by Crippen LogP contribution is -2.42. The number of aromatic nitrogens is 1. The minimum absolute atomic E-state index is 0. The maximum atomic E-state index is 12.6. The van der Waals surface area contributed by atoms with Gasteiger partial charge in [-0.25, -0.2) is 4.98 Å². The number of halogens is 1. The van der Waals surface area contributed by atoms with Crippen LogP contribution in [0.25, 0.3) is 11.3 Å². The third kappa shape index (κ3) is 2.96. The first kappa shape index (κ1) is 17.4. The van der Waals surface area contributed by atoms with E-state index in [0.717, 1.165) is 24.1 Å². The molecule has 2 aliphatic carbocycles. The fraction of sp³-hybridized carbons (Fsp3) is 0.444. The van der Waals surface area contributed by atoms with Gasteiger partial charge in [0.2, 0.25) is 5.91 Å². The van der Waals surface area contributed by atoms with Crippen LogP contribution in [0, 0.1) is 24.7 Å². The molecule has 3 N–H and O–H groups in total. The molecule has 4 rings (SSSR count). The summed E-state index contributed by atoms with van der Waals surface area (Å²) in [6.45, 7) is 2.07. The van der Waals surface area contributed by atoms with E-state index in [2.05, 4.69) is 29.4 Å². The Morgan fingerprint density at radius 3 is 2.75 bits per heavy atom. The van der Waals surface area contributed by atoms with E-state index < -0.39 is 0 Å². The van der Waals surface area contributed by atoms with Gasteiger partial charge in [-0.15, -0.1) is 23.7 Å². The third-order valence-corrected chi connectivity index (χ3v) is 6.20. The van der Waals surface area contributed by atoms with Crippen LogP contribution < -0.4 is 11.1 Å². The molecule has 2 bridgehead atoms. The van der Waals surface area contributed by atoms with Crippen molar-refractivity contribution >= 4 is 34.8 Å². The predicted octanol–water partition coefficient (Wildman–Crippen LogP) is 3.85. The first-order chi connectivity index (χ1) is 11.1. The van der Waals surface area contributed by atoms with Crippen molar-refractivity contribution < 1.29 is 4.79 Å². The summed E-state index contributed by atoms with van der Waals surface area (Å²) in [6, 6.07) is 8.17. The number of nitrogens with two attached hydrogens (primary N) is 1. The van der Waals surface area contributed by atoms with Crippen LogP contribution in [0.5, 0.6) is 0 Å². The number of hydrogen-bond donors (Lipinski definition) is 2. The molecule has 4 nitrogen and oxygen atoms in total. The van der Waals surface area contributed by atoms with Crippen molar-refractivity contribution in [2.75, 3.05) is 5.32 Å². The van der Waals surface area contributed by atoms with Crippen LogP contribution in [-0.4, -0.2) is 16.9 Å². The molecule has 0 radical (unpaired) electrons. The summed E-state index contributed by atoms with van der Waals surface area (Å²) in [5, 5.41) is 5.67. The standard InChI is InChI=1S/C18H21N3OS.ClH/c1-10-4-2-3-5-13(10)14-9-23-18(20-14)21-17(22)15-11-6-7-12(8-11)16(15)19;/h2-5,9,11-12,15-16H,6-8,19H2,1H3,(H,20,21,22);1H. The van der Waals surface area contributed by atoms with Crippen LogP contribution in [0.15, 0.2) is 29.6 Å². The lowest BCUT2D eigenvalue weighted by molar-refractivity contribution is -0.121. The van der Waals surface area contributed by atoms with E-state index in [1.54, 1.807) is 0 Å². The number of rotatable bonds is 3. The largest absolute Gasteiger partial charge is 0.327 e. The van der Waals surface area contributed by atoms with Crippen molar-refractivity contribution in [3.05, 3.63) is 35.2 Å². The summed E-state index contributed by atoms with van der Waals surface area (Å²) in [4.78, 5) is 17.2. The summed E-state index contributed by atoms with van der Waals surface area (Å²) in [6.07, 6.45) is 3.44. The molecule has 2 fully saturated rings. The second-order valence-electron chi connectivity index (χ2n) is 6.78. The summed E-state index contributed by atoms with van der Waals surface area (Å²) in [7, 11) is 0. The Morgan fingerprint density at radius 1 is 1.29 bits per heavy atom. The number of fused-ring (bicyclic) bond motifs is 2. The first-order valence-electron chi connectivity index (χ1n) is 8.21. The van der Waals surface area contributed by atoms with Gasteiger partial charge in [0.15, 0.2) is 5.13 Å². The Hall–Kier alpha value is -1.43. The molecule has 128 valence electrons. The van der Waals surface area contributed by atoms with Crippen LogP contribution >= 0.6 is 23.7 Å². The summed E-state index contributed by atoms with van der Waals surface area (Å²) < 4.78 is 0. The van der Waals surface area contributed by atoms with Crippen molar-refractivity contribution in [2.24, 2.45) is 23.5 Å². The van der Waals surface area contributed by atoms with Crippen LogP contribution in [0.1, 0.15) is 24.8 Å². The van der Waals surface area contributed by atoms with Crippen LogP contribution in [0.4, 0.5) is 5.13 Å². The predicted molar refractivity (Wildman–Crippen MR) is 100 cm³/mol. The van der Waals surface area contributed by atoms with E-state index in [4.69, 9.17) is 5.73 Å². The van der Waals surface area contributed by atoms with Gasteiger partial charge in [-0.1, -0.05) is 24.3 Å². The van der Waals surface area contributed by atoms with Crippen molar-refractivity contribution in [3.63, 3.8) is 0 Å². The second-order valence-corrected chi connectivity index (χ2v) is 7.64. The summed E-state index contributed by atoms with van der Waals surface area (Å²) in [5.41, 5.74) is 9.47. The highest BCUT2D eigenvalue weighted by Gasteiger charge is 2.49. The van der Waals surface area contributed by atoms with E-state index in [0.29, 0.717) is 17.0 Å². The van der Waals surface area contributed by atoms with Crippen LogP contribution in [0.3, 0.4) is 0 Å². The average Bonchev–Trinajstić information content (AvgIpc) is 3.23. The smallest absolute Gasteiger partial charge is 0.231 e. The van der Waals surface area contributed by atoms with Gasteiger partial charge >= 0.3 is 0 Å². The molecule has 2 aromatic rings. The van der Waals surface area contributed by atoms with E-state index >= 15 is 0 Å². The topological polar surface area (TPSA) is 68.0 Å². The van der Waals surface area contributed by atoms with Gasteiger partial charge < -0.3 is 11.1 Å². The van der Waals surface area contributed by atoms with Crippen LogP contribution in [-0.2, 0) is 4.79 Å². The second kappa shape index (κ2) is 6.82. The monoisotopic (exact) mass is 363 g/mol. The Balaban J connectivity index is 0.00000169. The molecule has 1 heterocycles. The number of benzene rings is 1. The SMILES string of the molecule is Cc1ccccc1-c1csc(NC(=O)C2C3CCC(C3)C2N)n1.Cl. The molecule has 24 heavy (non-hydrogen) atoms. The minimum atomic E-state index is -0.0421. The molecule has 4 unspecified atom stereocenters. The molecular weight excluding hydrogens is 342 g/mol. The number of amides is 1. The number of nitrogens with zero attached hydrogens (tertiary/aromatic N) is 1. The quantitative estimate of drug-likeness (QED) is 0.870. The summed E-state index contributed by atoms with van der Waals surface area (Å²) >= 11 is 1.48. The summed E-state index contributed by atoms with van der Waals surface area (Å²) in [5.74, 6) is 1.01. The van der Waals surface area contributed by atoms with E-state index in [9.17, 15) is 4.79 Å². The molecule has 1 aromatic carbocycles. The highest BCUT2D eigenvalue weighted by molar-refractivity contribution is 7.14. The molecule has 1 aromatic heterocycles. The molecule has 0 saturated heterocycles.